The smallest absolute Gasteiger partial charge is 0.326 e. The van der Waals surface area contributed by atoms with Crippen molar-refractivity contribution in [1.82, 2.24) is 5.32 Å². The predicted octanol–water partition coefficient (Wildman–Crippen LogP) is 7.38. The topological polar surface area (TPSA) is 119 Å². The first-order chi connectivity index (χ1) is 18.9. The molecule has 0 spiro atoms. The van der Waals surface area contributed by atoms with Crippen LogP contribution in [0.3, 0.4) is 0 Å². The number of nitrogens with two attached hydrogens (primary N) is 1. The van der Waals surface area contributed by atoms with Crippen molar-refractivity contribution in [2.75, 3.05) is 6.54 Å². The van der Waals surface area contributed by atoms with Crippen molar-refractivity contribution >= 4 is 17.8 Å². The van der Waals surface area contributed by atoms with E-state index in [1.165, 1.54) is 44.9 Å². The highest BCUT2D eigenvalue weighted by molar-refractivity contribution is 5.83. The van der Waals surface area contributed by atoms with Crippen LogP contribution >= 0.6 is 0 Å². The number of allylic oxidation sites excluding steroid dienone is 3. The maximum atomic E-state index is 12.4. The van der Waals surface area contributed by atoms with E-state index in [1.54, 1.807) is 0 Å². The third-order valence-electron chi connectivity index (χ3n) is 6.75. The number of ether oxygens (including phenoxy) is 1. The summed E-state index contributed by atoms with van der Waals surface area (Å²) in [5.41, 5.74) is 5.44. The van der Waals surface area contributed by atoms with Crippen LogP contribution in [-0.4, -0.2) is 41.6 Å². The first-order valence-corrected chi connectivity index (χ1v) is 15.7. The van der Waals surface area contributed by atoms with Crippen LogP contribution in [0.4, 0.5) is 0 Å². The Morgan fingerprint density at radius 2 is 1.41 bits per heavy atom. The van der Waals surface area contributed by atoms with E-state index in [2.05, 4.69) is 37.4 Å². The van der Waals surface area contributed by atoms with Gasteiger partial charge in [-0.1, -0.05) is 96.3 Å². The van der Waals surface area contributed by atoms with E-state index in [-0.39, 0.29) is 18.0 Å². The van der Waals surface area contributed by atoms with E-state index in [0.717, 1.165) is 51.4 Å². The molecule has 7 heteroatoms. The summed E-state index contributed by atoms with van der Waals surface area (Å²) in [7, 11) is 0. The van der Waals surface area contributed by atoms with Crippen LogP contribution in [0.15, 0.2) is 24.3 Å². The second kappa shape index (κ2) is 27.4. The molecule has 0 aromatic rings. The summed E-state index contributed by atoms with van der Waals surface area (Å²) in [6.07, 6.45) is 26.7. The Morgan fingerprint density at radius 1 is 0.769 bits per heavy atom. The molecule has 0 radical (unpaired) electrons. The van der Waals surface area contributed by atoms with Gasteiger partial charge in [-0.2, -0.15) is 0 Å². The third kappa shape index (κ3) is 24.6. The van der Waals surface area contributed by atoms with Crippen LogP contribution in [0, 0.1) is 0 Å². The number of aliphatic carboxylic acids is 1. The van der Waals surface area contributed by atoms with E-state index >= 15 is 0 Å². The number of carbonyl (C=O) groups excluding carboxylic acids is 2. The summed E-state index contributed by atoms with van der Waals surface area (Å²) < 4.78 is 5.81. The normalized spacial score (nSPS) is 13.1. The summed E-state index contributed by atoms with van der Waals surface area (Å²) >= 11 is 0. The molecule has 0 heterocycles. The van der Waals surface area contributed by atoms with Crippen molar-refractivity contribution in [3.8, 4) is 0 Å². The molecule has 7 nitrogen and oxygen atoms in total. The summed E-state index contributed by atoms with van der Waals surface area (Å²) in [5, 5.41) is 11.8. The first-order valence-electron chi connectivity index (χ1n) is 15.7. The standard InChI is InChI=1S/C32H58N2O5/c1-3-5-7-9-11-13-17-22-28(39-31(36)26-20-14-12-10-8-6-4-2)23-18-15-16-19-25-30(35)34-29(32(37)38)24-21-27-33/h9,11,17,22,28-29H,3-8,10,12-16,18-21,23-27,33H2,1-2H3,(H,34,35)(H,37,38)/b11-9-,22-17-. The van der Waals surface area contributed by atoms with Crippen molar-refractivity contribution in [3.05, 3.63) is 24.3 Å². The minimum absolute atomic E-state index is 0.115. The quantitative estimate of drug-likeness (QED) is 0.0558. The van der Waals surface area contributed by atoms with Gasteiger partial charge < -0.3 is 20.9 Å². The molecule has 0 aliphatic heterocycles. The van der Waals surface area contributed by atoms with E-state index in [0.29, 0.717) is 38.6 Å². The fraction of sp³-hybridized carbons (Fsp3) is 0.781. The molecule has 0 rings (SSSR count). The Hall–Kier alpha value is -2.15. The number of esters is 1. The summed E-state index contributed by atoms with van der Waals surface area (Å²) in [6, 6.07) is -0.870. The highest BCUT2D eigenvalue weighted by atomic mass is 16.5. The summed E-state index contributed by atoms with van der Waals surface area (Å²) in [4.78, 5) is 35.8. The molecule has 0 fully saturated rings. The Morgan fingerprint density at radius 3 is 2.08 bits per heavy atom. The average molecular weight is 551 g/mol. The lowest BCUT2D eigenvalue weighted by Gasteiger charge is -2.15. The van der Waals surface area contributed by atoms with E-state index in [4.69, 9.17) is 10.5 Å². The van der Waals surface area contributed by atoms with Gasteiger partial charge in [0.1, 0.15) is 12.1 Å². The highest BCUT2D eigenvalue weighted by Crippen LogP contribution is 2.14. The van der Waals surface area contributed by atoms with Crippen molar-refractivity contribution in [2.45, 2.75) is 154 Å². The summed E-state index contributed by atoms with van der Waals surface area (Å²) in [5.74, 6) is -1.36. The number of unbranched alkanes of at least 4 members (excludes halogenated alkanes) is 11. The summed E-state index contributed by atoms with van der Waals surface area (Å²) in [6.45, 7) is 4.81. The lowest BCUT2D eigenvalue weighted by Crippen LogP contribution is -2.40. The van der Waals surface area contributed by atoms with Crippen LogP contribution in [-0.2, 0) is 19.1 Å². The van der Waals surface area contributed by atoms with Gasteiger partial charge in [-0.3, -0.25) is 9.59 Å². The minimum atomic E-state index is -1.02. The van der Waals surface area contributed by atoms with Gasteiger partial charge in [0.05, 0.1) is 0 Å². The molecule has 0 bridgehead atoms. The number of hydrogen-bond acceptors (Lipinski definition) is 5. The SMILES string of the molecule is CCCC/C=C\C/C=C\C(CCCCCCC(=O)NC(CCCN)C(=O)O)OC(=O)CCCCCCCCC. The Labute approximate surface area is 238 Å². The maximum absolute atomic E-state index is 12.4. The van der Waals surface area contributed by atoms with Crippen LogP contribution < -0.4 is 11.1 Å². The largest absolute Gasteiger partial charge is 0.480 e. The number of amides is 1. The lowest BCUT2D eigenvalue weighted by atomic mass is 10.1. The minimum Gasteiger partial charge on any atom is -0.480 e. The number of hydrogen-bond donors (Lipinski definition) is 3. The lowest BCUT2D eigenvalue weighted by molar-refractivity contribution is -0.147. The zero-order valence-corrected chi connectivity index (χ0v) is 25.0. The molecule has 4 N–H and O–H groups in total. The second-order valence-electron chi connectivity index (χ2n) is 10.5. The molecule has 0 aromatic carbocycles. The van der Waals surface area contributed by atoms with Gasteiger partial charge in [-0.25, -0.2) is 4.79 Å². The van der Waals surface area contributed by atoms with Crippen LogP contribution in [0.1, 0.15) is 142 Å². The van der Waals surface area contributed by atoms with E-state index in [1.807, 2.05) is 6.08 Å². The zero-order valence-electron chi connectivity index (χ0n) is 25.0. The van der Waals surface area contributed by atoms with Crippen molar-refractivity contribution in [3.63, 3.8) is 0 Å². The molecule has 2 atom stereocenters. The third-order valence-corrected chi connectivity index (χ3v) is 6.75. The number of carboxylic acids is 1. The van der Waals surface area contributed by atoms with Gasteiger partial charge >= 0.3 is 11.9 Å². The monoisotopic (exact) mass is 550 g/mol. The highest BCUT2D eigenvalue weighted by Gasteiger charge is 2.18. The van der Waals surface area contributed by atoms with E-state index < -0.39 is 12.0 Å². The molecule has 0 aromatic heterocycles. The maximum Gasteiger partial charge on any atom is 0.326 e. The van der Waals surface area contributed by atoms with Crippen LogP contribution in [0.5, 0.6) is 0 Å². The van der Waals surface area contributed by atoms with Gasteiger partial charge in [0, 0.05) is 12.8 Å². The van der Waals surface area contributed by atoms with Crippen molar-refractivity contribution < 1.29 is 24.2 Å². The van der Waals surface area contributed by atoms with E-state index in [9.17, 15) is 19.5 Å². The number of rotatable bonds is 27. The van der Waals surface area contributed by atoms with Crippen molar-refractivity contribution in [1.29, 1.82) is 0 Å². The Bertz CT molecular complexity index is 677. The zero-order chi connectivity index (χ0) is 29.0. The molecular weight excluding hydrogens is 492 g/mol. The molecule has 0 saturated heterocycles. The molecule has 2 unspecified atom stereocenters. The molecule has 226 valence electrons. The van der Waals surface area contributed by atoms with Crippen LogP contribution in [0.25, 0.3) is 0 Å². The molecule has 1 amide bonds. The number of nitrogens with one attached hydrogen (secondary N) is 1. The number of carbonyl (C=O) groups is 3. The Kier molecular flexibility index (Phi) is 25.9. The molecule has 0 aliphatic rings. The molecule has 0 saturated carbocycles. The van der Waals surface area contributed by atoms with Crippen LogP contribution in [0.2, 0.25) is 0 Å². The van der Waals surface area contributed by atoms with Crippen molar-refractivity contribution in [2.24, 2.45) is 5.73 Å². The van der Waals surface area contributed by atoms with Gasteiger partial charge in [0.15, 0.2) is 0 Å². The van der Waals surface area contributed by atoms with Gasteiger partial charge in [0.25, 0.3) is 0 Å². The Balaban J connectivity index is 4.41. The first kappa shape index (κ1) is 36.8. The number of carboxylic acid groups (broad SMARTS) is 1. The van der Waals surface area contributed by atoms with Gasteiger partial charge in [-0.05, 0) is 64.0 Å². The molecule has 0 aliphatic carbocycles. The molecular formula is C32H58N2O5. The second-order valence-corrected chi connectivity index (χ2v) is 10.5. The fourth-order valence-electron chi connectivity index (χ4n) is 4.32. The van der Waals surface area contributed by atoms with Gasteiger partial charge in [-0.15, -0.1) is 0 Å². The molecule has 39 heavy (non-hydrogen) atoms. The average Bonchev–Trinajstić information content (AvgIpc) is 2.91. The fourth-order valence-corrected chi connectivity index (χ4v) is 4.32. The van der Waals surface area contributed by atoms with Gasteiger partial charge in [0.2, 0.25) is 5.91 Å². The predicted molar refractivity (Wildman–Crippen MR) is 160 cm³/mol.